The lowest BCUT2D eigenvalue weighted by Crippen LogP contribution is -2.30. The second kappa shape index (κ2) is 4.68. The van der Waals surface area contributed by atoms with Crippen LogP contribution in [0.15, 0.2) is 0 Å². The molecule has 14 heavy (non-hydrogen) atoms. The average Bonchev–Trinajstić information content (AvgIpc) is 2.27. The Labute approximate surface area is 89.5 Å². The molecule has 2 rings (SSSR count). The molecule has 0 saturated heterocycles. The molecular weight excluding hydrogens is 168 g/mol. The van der Waals surface area contributed by atoms with Gasteiger partial charge in [0.15, 0.2) is 0 Å². The van der Waals surface area contributed by atoms with E-state index in [2.05, 4.69) is 13.8 Å². The van der Waals surface area contributed by atoms with Crippen molar-refractivity contribution in [2.75, 3.05) is 0 Å². The largest absolute Gasteiger partial charge is 0.0651 e. The predicted octanol–water partition coefficient (Wildman–Crippen LogP) is 4.64. The molecule has 2 unspecified atom stereocenters. The highest BCUT2D eigenvalue weighted by molar-refractivity contribution is 4.85. The van der Waals surface area contributed by atoms with Gasteiger partial charge < -0.3 is 0 Å². The highest BCUT2D eigenvalue weighted by Gasteiger charge is 2.34. The highest BCUT2D eigenvalue weighted by atomic mass is 14.4. The van der Waals surface area contributed by atoms with Gasteiger partial charge in [0, 0.05) is 0 Å². The minimum atomic E-state index is 1.08. The fraction of sp³-hybridized carbons (Fsp3) is 1.00. The van der Waals surface area contributed by atoms with E-state index in [1.807, 2.05) is 0 Å². The molecule has 0 spiro atoms. The van der Waals surface area contributed by atoms with Crippen LogP contribution >= 0.6 is 0 Å². The Balaban J connectivity index is 1.90. The molecule has 0 aromatic heterocycles. The molecule has 0 aromatic carbocycles. The summed E-state index contributed by atoms with van der Waals surface area (Å²) in [5.41, 5.74) is 0. The molecule has 2 fully saturated rings. The Morgan fingerprint density at radius 3 is 1.64 bits per heavy atom. The molecule has 2 atom stereocenters. The zero-order valence-electron chi connectivity index (χ0n) is 9.97. The van der Waals surface area contributed by atoms with Crippen molar-refractivity contribution in [2.45, 2.75) is 65.2 Å². The first-order valence-electron chi connectivity index (χ1n) is 6.83. The lowest BCUT2D eigenvalue weighted by atomic mass is 9.64. The maximum atomic E-state index is 2.38. The molecule has 2 aliphatic rings. The molecule has 2 saturated carbocycles. The summed E-state index contributed by atoms with van der Waals surface area (Å²) < 4.78 is 0. The third-order valence-electron chi connectivity index (χ3n) is 4.98. The summed E-state index contributed by atoms with van der Waals surface area (Å²) in [4.78, 5) is 0. The first-order valence-corrected chi connectivity index (χ1v) is 6.83. The molecule has 0 amide bonds. The molecular formula is C14H26. The zero-order valence-corrected chi connectivity index (χ0v) is 9.97. The monoisotopic (exact) mass is 194 g/mol. The summed E-state index contributed by atoms with van der Waals surface area (Å²) >= 11 is 0. The third kappa shape index (κ3) is 2.15. The first-order chi connectivity index (χ1) is 6.83. The van der Waals surface area contributed by atoms with Crippen LogP contribution in [-0.2, 0) is 0 Å². The van der Waals surface area contributed by atoms with E-state index in [4.69, 9.17) is 0 Å². The van der Waals surface area contributed by atoms with Crippen molar-refractivity contribution in [3.63, 3.8) is 0 Å². The van der Waals surface area contributed by atoms with Gasteiger partial charge in [-0.2, -0.15) is 0 Å². The van der Waals surface area contributed by atoms with Crippen LogP contribution in [0, 0.1) is 23.7 Å². The molecule has 0 bridgehead atoms. The average molecular weight is 194 g/mol. The van der Waals surface area contributed by atoms with Crippen molar-refractivity contribution in [2.24, 2.45) is 23.7 Å². The van der Waals surface area contributed by atoms with Gasteiger partial charge in [-0.25, -0.2) is 0 Å². The normalized spacial score (nSPS) is 43.3. The Hall–Kier alpha value is 0. The van der Waals surface area contributed by atoms with Gasteiger partial charge in [-0.3, -0.25) is 0 Å². The van der Waals surface area contributed by atoms with Crippen molar-refractivity contribution in [1.29, 1.82) is 0 Å². The molecule has 2 aliphatic carbocycles. The van der Waals surface area contributed by atoms with Gasteiger partial charge in [0.25, 0.3) is 0 Å². The van der Waals surface area contributed by atoms with E-state index >= 15 is 0 Å². The summed E-state index contributed by atoms with van der Waals surface area (Å²) in [7, 11) is 0. The maximum absolute atomic E-state index is 2.38. The molecule has 0 aliphatic heterocycles. The second-order valence-electron chi connectivity index (χ2n) is 5.69. The molecule has 0 nitrogen and oxygen atoms in total. The van der Waals surface area contributed by atoms with Crippen LogP contribution in [0.4, 0.5) is 0 Å². The fourth-order valence-electron chi connectivity index (χ4n) is 3.83. The van der Waals surface area contributed by atoms with Gasteiger partial charge in [0.05, 0.1) is 0 Å². The van der Waals surface area contributed by atoms with E-state index in [0.29, 0.717) is 0 Å². The van der Waals surface area contributed by atoms with Crippen LogP contribution < -0.4 is 0 Å². The molecule has 0 N–H and O–H groups in total. The Morgan fingerprint density at radius 1 is 0.714 bits per heavy atom. The van der Waals surface area contributed by atoms with Gasteiger partial charge >= 0.3 is 0 Å². The summed E-state index contributed by atoms with van der Waals surface area (Å²) in [6.07, 6.45) is 12.2. The quantitative estimate of drug-likeness (QED) is 0.601. The molecule has 0 heteroatoms. The van der Waals surface area contributed by atoms with E-state index in [0.717, 1.165) is 23.7 Å². The van der Waals surface area contributed by atoms with Gasteiger partial charge in [-0.15, -0.1) is 0 Å². The zero-order chi connectivity index (χ0) is 9.97. The van der Waals surface area contributed by atoms with Crippen LogP contribution in [0.2, 0.25) is 0 Å². The smallest absolute Gasteiger partial charge is 0.0381 e. The molecule has 0 aromatic rings. The van der Waals surface area contributed by atoms with E-state index in [9.17, 15) is 0 Å². The Kier molecular flexibility index (Phi) is 3.52. The van der Waals surface area contributed by atoms with Gasteiger partial charge in [0.1, 0.15) is 0 Å². The molecule has 82 valence electrons. The lowest BCUT2D eigenvalue weighted by molar-refractivity contribution is 0.0951. The van der Waals surface area contributed by atoms with Crippen molar-refractivity contribution in [1.82, 2.24) is 0 Å². The van der Waals surface area contributed by atoms with Gasteiger partial charge in [-0.05, 0) is 49.4 Å². The molecule has 0 heterocycles. The summed E-state index contributed by atoms with van der Waals surface area (Å²) in [6, 6.07) is 0. The minimum absolute atomic E-state index is 1.08. The van der Waals surface area contributed by atoms with E-state index < -0.39 is 0 Å². The van der Waals surface area contributed by atoms with E-state index in [-0.39, 0.29) is 0 Å². The maximum Gasteiger partial charge on any atom is -0.0381 e. The number of fused-ring (bicyclic) bond motifs is 1. The number of hydrogen-bond acceptors (Lipinski definition) is 0. The summed E-state index contributed by atoms with van der Waals surface area (Å²) in [5.74, 6) is 4.40. The van der Waals surface area contributed by atoms with Crippen molar-refractivity contribution < 1.29 is 0 Å². The molecule has 0 radical (unpaired) electrons. The Morgan fingerprint density at radius 2 is 1.21 bits per heavy atom. The van der Waals surface area contributed by atoms with Crippen LogP contribution in [0.3, 0.4) is 0 Å². The van der Waals surface area contributed by atoms with Crippen molar-refractivity contribution in [3.8, 4) is 0 Å². The highest BCUT2D eigenvalue weighted by Crippen LogP contribution is 2.45. The minimum Gasteiger partial charge on any atom is -0.0651 e. The van der Waals surface area contributed by atoms with Crippen LogP contribution in [0.5, 0.6) is 0 Å². The van der Waals surface area contributed by atoms with Crippen molar-refractivity contribution >= 4 is 0 Å². The van der Waals surface area contributed by atoms with E-state index in [1.165, 1.54) is 25.7 Å². The summed E-state index contributed by atoms with van der Waals surface area (Å²) in [5, 5.41) is 0. The SMILES string of the molecule is CCC1CCC2CCC(CC)CC2C1. The van der Waals surface area contributed by atoms with E-state index in [1.54, 1.807) is 25.7 Å². The topological polar surface area (TPSA) is 0 Å². The lowest BCUT2D eigenvalue weighted by Gasteiger charge is -2.42. The first kappa shape index (κ1) is 10.5. The second-order valence-corrected chi connectivity index (χ2v) is 5.69. The standard InChI is InChI=1S/C14H26/c1-3-11-5-7-13-8-6-12(4-2)10-14(13)9-11/h11-14H,3-10H2,1-2H3. The van der Waals surface area contributed by atoms with Gasteiger partial charge in [-0.1, -0.05) is 39.5 Å². The van der Waals surface area contributed by atoms with Gasteiger partial charge in [0.2, 0.25) is 0 Å². The number of rotatable bonds is 2. The fourth-order valence-corrected chi connectivity index (χ4v) is 3.83. The van der Waals surface area contributed by atoms with Crippen LogP contribution in [0.1, 0.15) is 65.2 Å². The third-order valence-corrected chi connectivity index (χ3v) is 4.98. The summed E-state index contributed by atoms with van der Waals surface area (Å²) in [6.45, 7) is 4.76. The van der Waals surface area contributed by atoms with Crippen LogP contribution in [0.25, 0.3) is 0 Å². The Bertz CT molecular complexity index is 155. The predicted molar refractivity (Wildman–Crippen MR) is 62.2 cm³/mol. The van der Waals surface area contributed by atoms with Crippen molar-refractivity contribution in [3.05, 3.63) is 0 Å². The van der Waals surface area contributed by atoms with Crippen LogP contribution in [-0.4, -0.2) is 0 Å². The number of hydrogen-bond donors (Lipinski definition) is 0.